The van der Waals surface area contributed by atoms with Crippen LogP contribution in [-0.4, -0.2) is 36.7 Å². The van der Waals surface area contributed by atoms with Gasteiger partial charge >= 0.3 is 0 Å². The predicted molar refractivity (Wildman–Crippen MR) is 77.1 cm³/mol. The summed E-state index contributed by atoms with van der Waals surface area (Å²) in [6.45, 7) is 5.99. The van der Waals surface area contributed by atoms with E-state index in [0.717, 1.165) is 12.1 Å². The van der Waals surface area contributed by atoms with Crippen molar-refractivity contribution >= 4 is 11.6 Å². The van der Waals surface area contributed by atoms with Crippen LogP contribution in [0.3, 0.4) is 0 Å². The molecule has 1 aromatic carbocycles. The van der Waals surface area contributed by atoms with Gasteiger partial charge in [-0.2, -0.15) is 0 Å². The van der Waals surface area contributed by atoms with Gasteiger partial charge < -0.3 is 15.3 Å². The molecule has 0 fully saturated rings. The van der Waals surface area contributed by atoms with Crippen molar-refractivity contribution in [1.29, 1.82) is 0 Å². The van der Waals surface area contributed by atoms with Crippen molar-refractivity contribution < 1.29 is 5.11 Å². The molecule has 2 N–H and O–H groups in total. The monoisotopic (exact) mass is 270 g/mol. The predicted octanol–water partition coefficient (Wildman–Crippen LogP) is 2.72. The molecule has 4 heteroatoms. The lowest BCUT2D eigenvalue weighted by molar-refractivity contribution is 0.287. The second-order valence-electron chi connectivity index (χ2n) is 5.24. The zero-order chi connectivity index (χ0) is 13.7. The summed E-state index contributed by atoms with van der Waals surface area (Å²) in [6, 6.07) is 5.83. The number of aromatic hydroxyl groups is 1. The molecule has 18 heavy (non-hydrogen) atoms. The third-order valence-electron chi connectivity index (χ3n) is 2.99. The molecule has 0 aromatic heterocycles. The maximum atomic E-state index is 9.85. The van der Waals surface area contributed by atoms with Crippen molar-refractivity contribution in [3.05, 3.63) is 28.8 Å². The number of likely N-dealkylation sites (N-methyl/N-ethyl adjacent to an activating group) is 1. The Bertz CT molecular complexity index is 380. The number of halogens is 1. The summed E-state index contributed by atoms with van der Waals surface area (Å²) in [4.78, 5) is 2.16. The van der Waals surface area contributed by atoms with Crippen molar-refractivity contribution in [3.8, 4) is 5.75 Å². The molecular weight excluding hydrogens is 248 g/mol. The van der Waals surface area contributed by atoms with Crippen molar-refractivity contribution in [1.82, 2.24) is 10.2 Å². The Morgan fingerprint density at radius 1 is 1.33 bits per heavy atom. The maximum Gasteiger partial charge on any atom is 0.138 e. The Morgan fingerprint density at radius 3 is 2.56 bits per heavy atom. The molecule has 0 bridgehead atoms. The first kappa shape index (κ1) is 15.3. The largest absolute Gasteiger partial charge is 0.506 e. The Kier molecular flexibility index (Phi) is 5.93. The van der Waals surface area contributed by atoms with E-state index in [1.54, 1.807) is 6.07 Å². The highest BCUT2D eigenvalue weighted by Crippen LogP contribution is 2.26. The second kappa shape index (κ2) is 6.98. The zero-order valence-electron chi connectivity index (χ0n) is 11.6. The van der Waals surface area contributed by atoms with Crippen LogP contribution in [-0.2, 0) is 6.54 Å². The molecule has 0 radical (unpaired) electrons. The number of hydrogen-bond acceptors (Lipinski definition) is 3. The van der Waals surface area contributed by atoms with E-state index in [1.165, 1.54) is 0 Å². The number of nitrogens with one attached hydrogen (secondary N) is 1. The van der Waals surface area contributed by atoms with Gasteiger partial charge in [-0.1, -0.05) is 37.6 Å². The summed E-state index contributed by atoms with van der Waals surface area (Å²) < 4.78 is 0. The average molecular weight is 271 g/mol. The molecule has 0 spiro atoms. The molecule has 1 atom stereocenters. The minimum absolute atomic E-state index is 0.180. The van der Waals surface area contributed by atoms with E-state index in [-0.39, 0.29) is 5.75 Å². The Hall–Kier alpha value is -0.770. The van der Waals surface area contributed by atoms with Crippen molar-refractivity contribution in [2.24, 2.45) is 5.92 Å². The molecule has 0 aliphatic rings. The fourth-order valence-corrected chi connectivity index (χ4v) is 2.04. The molecule has 0 heterocycles. The van der Waals surface area contributed by atoms with Gasteiger partial charge in [-0.25, -0.2) is 0 Å². The third-order valence-corrected chi connectivity index (χ3v) is 3.30. The lowest BCUT2D eigenvalue weighted by atomic mass is 10.0. The second-order valence-corrected chi connectivity index (χ2v) is 5.65. The van der Waals surface area contributed by atoms with Crippen molar-refractivity contribution in [3.63, 3.8) is 0 Å². The highest BCUT2D eigenvalue weighted by atomic mass is 35.5. The number of benzene rings is 1. The molecule has 0 amide bonds. The van der Waals surface area contributed by atoms with Gasteiger partial charge in [0, 0.05) is 24.7 Å². The number of para-hydroxylation sites is 1. The maximum absolute atomic E-state index is 9.85. The molecule has 1 rings (SSSR count). The average Bonchev–Trinajstić information content (AvgIpc) is 2.28. The standard InChI is InChI=1S/C14H23ClN2O/c1-10(2)13(9-17(3)4)16-8-11-6-5-7-12(15)14(11)18/h5-7,10,13,16,18H,8-9H2,1-4H3. The van der Waals surface area contributed by atoms with Crippen LogP contribution in [0.4, 0.5) is 0 Å². The van der Waals surface area contributed by atoms with E-state index in [0.29, 0.717) is 23.5 Å². The van der Waals surface area contributed by atoms with Gasteiger partial charge in [0.25, 0.3) is 0 Å². The number of nitrogens with zero attached hydrogens (tertiary/aromatic N) is 1. The van der Waals surface area contributed by atoms with E-state index in [1.807, 2.05) is 12.1 Å². The van der Waals surface area contributed by atoms with E-state index in [9.17, 15) is 5.11 Å². The lowest BCUT2D eigenvalue weighted by Gasteiger charge is -2.26. The number of phenolic OH excluding ortho intramolecular Hbond substituents is 1. The summed E-state index contributed by atoms with van der Waals surface area (Å²) in [6.07, 6.45) is 0. The molecule has 1 unspecified atom stereocenters. The summed E-state index contributed by atoms with van der Waals surface area (Å²) in [5.41, 5.74) is 0.840. The van der Waals surface area contributed by atoms with Gasteiger partial charge in [-0.3, -0.25) is 0 Å². The Balaban J connectivity index is 2.64. The van der Waals surface area contributed by atoms with E-state index in [2.05, 4.69) is 38.2 Å². The molecule has 3 nitrogen and oxygen atoms in total. The van der Waals surface area contributed by atoms with Crippen molar-refractivity contribution in [2.45, 2.75) is 26.4 Å². The smallest absolute Gasteiger partial charge is 0.138 e. The SMILES string of the molecule is CC(C)C(CN(C)C)NCc1cccc(Cl)c1O. The van der Waals surface area contributed by atoms with Gasteiger partial charge in [0.2, 0.25) is 0 Å². The van der Waals surface area contributed by atoms with Crippen LogP contribution in [0.25, 0.3) is 0 Å². The van der Waals surface area contributed by atoms with Gasteiger partial charge in [-0.05, 0) is 26.1 Å². The number of phenols is 1. The van der Waals surface area contributed by atoms with E-state index in [4.69, 9.17) is 11.6 Å². The fraction of sp³-hybridized carbons (Fsp3) is 0.571. The summed E-state index contributed by atoms with van der Waals surface area (Å²) in [7, 11) is 4.13. The first-order valence-electron chi connectivity index (χ1n) is 6.26. The van der Waals surface area contributed by atoms with E-state index < -0.39 is 0 Å². The normalized spacial score (nSPS) is 13.3. The zero-order valence-corrected chi connectivity index (χ0v) is 12.3. The highest BCUT2D eigenvalue weighted by Gasteiger charge is 2.14. The minimum Gasteiger partial charge on any atom is -0.506 e. The molecular formula is C14H23ClN2O. The van der Waals surface area contributed by atoms with Crippen LogP contribution < -0.4 is 5.32 Å². The fourth-order valence-electron chi connectivity index (χ4n) is 1.85. The van der Waals surface area contributed by atoms with Crippen molar-refractivity contribution in [2.75, 3.05) is 20.6 Å². The molecule has 102 valence electrons. The highest BCUT2D eigenvalue weighted by molar-refractivity contribution is 6.32. The van der Waals surface area contributed by atoms with Crippen LogP contribution >= 0.6 is 11.6 Å². The molecule has 0 saturated carbocycles. The van der Waals surface area contributed by atoms with Crippen LogP contribution in [0.15, 0.2) is 18.2 Å². The Morgan fingerprint density at radius 2 is 2.00 bits per heavy atom. The third kappa shape index (κ3) is 4.48. The lowest BCUT2D eigenvalue weighted by Crippen LogP contribution is -2.41. The topological polar surface area (TPSA) is 35.5 Å². The number of rotatable bonds is 6. The van der Waals surface area contributed by atoms with Crippen LogP contribution in [0, 0.1) is 5.92 Å². The molecule has 0 aliphatic heterocycles. The first-order valence-corrected chi connectivity index (χ1v) is 6.64. The summed E-state index contributed by atoms with van der Waals surface area (Å²) >= 11 is 5.89. The van der Waals surface area contributed by atoms with Crippen LogP contribution in [0.5, 0.6) is 5.75 Å². The first-order chi connectivity index (χ1) is 8.41. The molecule has 1 aromatic rings. The van der Waals surface area contributed by atoms with Gasteiger partial charge in [0.15, 0.2) is 0 Å². The van der Waals surface area contributed by atoms with Crippen LogP contribution in [0.2, 0.25) is 5.02 Å². The van der Waals surface area contributed by atoms with Gasteiger partial charge in [0.05, 0.1) is 5.02 Å². The quantitative estimate of drug-likeness (QED) is 0.834. The number of hydrogen-bond donors (Lipinski definition) is 2. The summed E-state index contributed by atoms with van der Waals surface area (Å²) in [5.74, 6) is 0.716. The van der Waals surface area contributed by atoms with Gasteiger partial charge in [0.1, 0.15) is 5.75 Å². The molecule has 0 aliphatic carbocycles. The Labute approximate surface area is 115 Å². The molecule has 0 saturated heterocycles. The summed E-state index contributed by atoms with van der Waals surface area (Å²) in [5, 5.41) is 13.7. The van der Waals surface area contributed by atoms with Gasteiger partial charge in [-0.15, -0.1) is 0 Å². The van der Waals surface area contributed by atoms with Crippen LogP contribution in [0.1, 0.15) is 19.4 Å². The minimum atomic E-state index is 0.180. The van der Waals surface area contributed by atoms with E-state index >= 15 is 0 Å².